The van der Waals surface area contributed by atoms with Crippen molar-refractivity contribution in [1.29, 1.82) is 0 Å². The summed E-state index contributed by atoms with van der Waals surface area (Å²) in [7, 11) is 0. The van der Waals surface area contributed by atoms with E-state index in [2.05, 4.69) is 21.1 Å². The zero-order valence-electron chi connectivity index (χ0n) is 11.9. The van der Waals surface area contributed by atoms with Gasteiger partial charge in [-0.2, -0.15) is 14.6 Å². The minimum atomic E-state index is -0.0311. The molecule has 0 fully saturated rings. The van der Waals surface area contributed by atoms with E-state index >= 15 is 0 Å². The molecule has 4 aromatic heterocycles. The number of nitrogens with zero attached hydrogens (tertiary/aromatic N) is 5. The van der Waals surface area contributed by atoms with Crippen LogP contribution in [0, 0.1) is 6.92 Å². The average Bonchev–Trinajstić information content (AvgIpc) is 3.16. The summed E-state index contributed by atoms with van der Waals surface area (Å²) in [6, 6.07) is 6.02. The lowest BCUT2D eigenvalue weighted by molar-refractivity contribution is 0.679. The topological polar surface area (TPSA) is 65.1 Å². The Morgan fingerprint density at radius 2 is 2.23 bits per heavy atom. The lowest BCUT2D eigenvalue weighted by atomic mass is 10.2. The van der Waals surface area contributed by atoms with Crippen LogP contribution in [0.2, 0.25) is 0 Å². The molecule has 0 spiro atoms. The van der Waals surface area contributed by atoms with Crippen LogP contribution >= 0.6 is 11.3 Å². The van der Waals surface area contributed by atoms with Gasteiger partial charge in [0.15, 0.2) is 0 Å². The predicted octanol–water partition coefficient (Wildman–Crippen LogP) is 2.05. The summed E-state index contributed by atoms with van der Waals surface area (Å²) in [5, 5.41) is 6.79. The van der Waals surface area contributed by atoms with E-state index in [1.54, 1.807) is 20.4 Å². The van der Waals surface area contributed by atoms with Crippen molar-refractivity contribution in [3.05, 3.63) is 57.0 Å². The summed E-state index contributed by atoms with van der Waals surface area (Å²) in [6.07, 6.45) is 4.11. The Balaban J connectivity index is 1.84. The van der Waals surface area contributed by atoms with Crippen LogP contribution in [0.25, 0.3) is 16.7 Å². The fourth-order valence-electron chi connectivity index (χ4n) is 2.63. The zero-order valence-corrected chi connectivity index (χ0v) is 12.7. The second-order valence-electron chi connectivity index (χ2n) is 5.07. The molecule has 4 aromatic rings. The molecule has 110 valence electrons. The van der Waals surface area contributed by atoms with E-state index in [0.717, 1.165) is 11.9 Å². The monoisotopic (exact) mass is 311 g/mol. The van der Waals surface area contributed by atoms with Gasteiger partial charge < -0.3 is 4.57 Å². The molecule has 0 radical (unpaired) electrons. The van der Waals surface area contributed by atoms with E-state index in [-0.39, 0.29) is 5.56 Å². The maximum atomic E-state index is 12.7. The first-order chi connectivity index (χ1) is 10.7. The van der Waals surface area contributed by atoms with E-state index < -0.39 is 0 Å². The first-order valence-electron chi connectivity index (χ1n) is 6.96. The van der Waals surface area contributed by atoms with Gasteiger partial charge in [0.05, 0.1) is 16.6 Å². The molecule has 0 amide bonds. The molecular formula is C15H13N5OS. The van der Waals surface area contributed by atoms with Crippen molar-refractivity contribution < 1.29 is 0 Å². The largest absolute Gasteiger partial charge is 0.314 e. The summed E-state index contributed by atoms with van der Waals surface area (Å²) in [5.41, 5.74) is 1.40. The minimum Gasteiger partial charge on any atom is -0.314 e. The van der Waals surface area contributed by atoms with E-state index in [1.165, 1.54) is 11.2 Å². The van der Waals surface area contributed by atoms with Crippen LogP contribution in [0.15, 0.2) is 40.9 Å². The van der Waals surface area contributed by atoms with E-state index in [4.69, 9.17) is 0 Å². The van der Waals surface area contributed by atoms with Crippen LogP contribution in [0.3, 0.4) is 0 Å². The lowest BCUT2D eigenvalue weighted by Gasteiger charge is -2.08. The molecule has 0 unspecified atom stereocenters. The number of rotatable bonds is 3. The van der Waals surface area contributed by atoms with Gasteiger partial charge in [-0.1, -0.05) is 6.07 Å². The van der Waals surface area contributed by atoms with Gasteiger partial charge in [-0.05, 0) is 30.9 Å². The second-order valence-corrected chi connectivity index (χ2v) is 6.11. The molecule has 4 rings (SSSR count). The first kappa shape index (κ1) is 13.1. The molecular weight excluding hydrogens is 298 g/mol. The van der Waals surface area contributed by atoms with E-state index in [1.807, 2.05) is 30.6 Å². The summed E-state index contributed by atoms with van der Waals surface area (Å²) >= 11 is 1.71. The molecule has 0 atom stereocenters. The molecule has 4 heterocycles. The summed E-state index contributed by atoms with van der Waals surface area (Å²) in [4.78, 5) is 22.5. The fourth-order valence-corrected chi connectivity index (χ4v) is 3.33. The SMILES string of the molecule is Cc1nc2ncnn2c2ccn(CCc3cccs3)c(=O)c12. The van der Waals surface area contributed by atoms with Crippen LogP contribution in [-0.2, 0) is 13.0 Å². The normalized spacial score (nSPS) is 11.5. The summed E-state index contributed by atoms with van der Waals surface area (Å²) in [5.74, 6) is 0.515. The third-order valence-corrected chi connectivity index (χ3v) is 4.65. The highest BCUT2D eigenvalue weighted by Crippen LogP contribution is 2.14. The van der Waals surface area contributed by atoms with Gasteiger partial charge in [-0.3, -0.25) is 4.79 Å². The van der Waals surface area contributed by atoms with Crippen molar-refractivity contribution in [2.75, 3.05) is 0 Å². The standard InChI is InChI=1S/C15H13N5OS/c1-10-13-12(20-15(18-10)16-9-17-20)5-7-19(14(13)21)6-4-11-3-2-8-22-11/h2-3,5,7-9H,4,6H2,1H3. The molecule has 0 aliphatic heterocycles. The second kappa shape index (κ2) is 5.03. The van der Waals surface area contributed by atoms with Crippen molar-refractivity contribution in [3.8, 4) is 0 Å². The van der Waals surface area contributed by atoms with Gasteiger partial charge in [-0.15, -0.1) is 11.3 Å². The molecule has 22 heavy (non-hydrogen) atoms. The van der Waals surface area contributed by atoms with Crippen LogP contribution in [0.5, 0.6) is 0 Å². The predicted molar refractivity (Wildman–Crippen MR) is 85.3 cm³/mol. The fraction of sp³-hybridized carbons (Fsp3) is 0.200. The Kier molecular flexibility index (Phi) is 3.00. The molecule has 0 aromatic carbocycles. The summed E-state index contributed by atoms with van der Waals surface area (Å²) < 4.78 is 3.34. The number of aromatic nitrogens is 5. The number of thiophene rings is 1. The van der Waals surface area contributed by atoms with Gasteiger partial charge in [0, 0.05) is 17.6 Å². The molecule has 0 saturated carbocycles. The molecule has 7 heteroatoms. The van der Waals surface area contributed by atoms with Crippen molar-refractivity contribution in [2.24, 2.45) is 0 Å². The van der Waals surface area contributed by atoms with Crippen molar-refractivity contribution in [3.63, 3.8) is 0 Å². The number of hydrogen-bond donors (Lipinski definition) is 0. The molecule has 0 N–H and O–H groups in total. The van der Waals surface area contributed by atoms with Gasteiger partial charge >= 0.3 is 0 Å². The molecule has 6 nitrogen and oxygen atoms in total. The molecule has 0 aliphatic rings. The van der Waals surface area contributed by atoms with Crippen molar-refractivity contribution in [1.82, 2.24) is 24.1 Å². The van der Waals surface area contributed by atoms with Gasteiger partial charge in [0.25, 0.3) is 11.3 Å². The Morgan fingerprint density at radius 3 is 3.05 bits per heavy atom. The van der Waals surface area contributed by atoms with Crippen molar-refractivity contribution >= 4 is 28.0 Å². The Hall–Kier alpha value is -2.54. The highest BCUT2D eigenvalue weighted by molar-refractivity contribution is 7.09. The quantitative estimate of drug-likeness (QED) is 0.581. The molecule has 0 saturated heterocycles. The van der Waals surface area contributed by atoms with Crippen LogP contribution in [0.1, 0.15) is 10.6 Å². The Labute approximate surface area is 129 Å². The van der Waals surface area contributed by atoms with Crippen LogP contribution < -0.4 is 5.56 Å². The van der Waals surface area contributed by atoms with Gasteiger partial charge in [0.2, 0.25) is 0 Å². The molecule has 0 aliphatic carbocycles. The van der Waals surface area contributed by atoms with Crippen LogP contribution in [-0.4, -0.2) is 24.1 Å². The third kappa shape index (κ3) is 2.01. The van der Waals surface area contributed by atoms with Gasteiger partial charge in [0.1, 0.15) is 6.33 Å². The average molecular weight is 311 g/mol. The molecule has 0 bridgehead atoms. The number of fused-ring (bicyclic) bond motifs is 3. The zero-order chi connectivity index (χ0) is 15.1. The highest BCUT2D eigenvalue weighted by Gasteiger charge is 2.12. The van der Waals surface area contributed by atoms with Gasteiger partial charge in [-0.25, -0.2) is 4.98 Å². The Morgan fingerprint density at radius 1 is 1.32 bits per heavy atom. The number of aryl methyl sites for hydroxylation is 3. The summed E-state index contributed by atoms with van der Waals surface area (Å²) in [6.45, 7) is 2.49. The lowest BCUT2D eigenvalue weighted by Crippen LogP contribution is -2.22. The maximum Gasteiger partial charge on any atom is 0.261 e. The smallest absolute Gasteiger partial charge is 0.261 e. The third-order valence-electron chi connectivity index (χ3n) is 3.71. The van der Waals surface area contributed by atoms with E-state index in [9.17, 15) is 4.79 Å². The number of pyridine rings is 1. The van der Waals surface area contributed by atoms with Crippen LogP contribution in [0.4, 0.5) is 0 Å². The minimum absolute atomic E-state index is 0.0311. The Bertz CT molecular complexity index is 1020. The highest BCUT2D eigenvalue weighted by atomic mass is 32.1. The van der Waals surface area contributed by atoms with Crippen molar-refractivity contribution in [2.45, 2.75) is 19.9 Å². The van der Waals surface area contributed by atoms with E-state index in [0.29, 0.717) is 23.4 Å². The number of hydrogen-bond acceptors (Lipinski definition) is 5. The maximum absolute atomic E-state index is 12.7. The first-order valence-corrected chi connectivity index (χ1v) is 7.84.